The monoisotopic (exact) mass is 386 g/mol. The van der Waals surface area contributed by atoms with E-state index in [0.29, 0.717) is 31.5 Å². The summed E-state index contributed by atoms with van der Waals surface area (Å²) < 4.78 is 0. The zero-order chi connectivity index (χ0) is 20.5. The van der Waals surface area contributed by atoms with Crippen molar-refractivity contribution in [3.63, 3.8) is 0 Å². The second kappa shape index (κ2) is 11.0. The van der Waals surface area contributed by atoms with E-state index < -0.39 is 0 Å². The van der Waals surface area contributed by atoms with Crippen molar-refractivity contribution in [1.29, 1.82) is 0 Å². The fourth-order valence-electron chi connectivity index (χ4n) is 3.55. The molecule has 2 amide bonds. The van der Waals surface area contributed by atoms with Crippen LogP contribution in [0.4, 0.5) is 5.69 Å². The molecule has 28 heavy (non-hydrogen) atoms. The van der Waals surface area contributed by atoms with Gasteiger partial charge in [0.05, 0.1) is 0 Å². The number of benzene rings is 1. The first-order valence-corrected chi connectivity index (χ1v) is 10.6. The third kappa shape index (κ3) is 6.47. The lowest BCUT2D eigenvalue weighted by molar-refractivity contribution is -0.136. The molecule has 0 saturated carbocycles. The average molecular weight is 387 g/mol. The highest BCUT2D eigenvalue weighted by molar-refractivity contribution is 6.00. The van der Waals surface area contributed by atoms with Crippen molar-refractivity contribution in [3.05, 3.63) is 29.8 Å². The molecule has 5 heteroatoms. The second-order valence-corrected chi connectivity index (χ2v) is 8.03. The summed E-state index contributed by atoms with van der Waals surface area (Å²) in [6, 6.07) is 7.21. The van der Waals surface area contributed by atoms with E-state index >= 15 is 0 Å². The van der Waals surface area contributed by atoms with E-state index in [-0.39, 0.29) is 24.1 Å². The Labute approximate surface area is 169 Å². The van der Waals surface area contributed by atoms with Crippen LogP contribution in [0.15, 0.2) is 24.3 Å². The van der Waals surface area contributed by atoms with Crippen molar-refractivity contribution < 1.29 is 14.4 Å². The van der Waals surface area contributed by atoms with E-state index in [1.165, 1.54) is 19.3 Å². The maximum Gasteiger partial charge on any atom is 0.246 e. The van der Waals surface area contributed by atoms with Crippen LogP contribution in [-0.2, 0) is 9.59 Å². The number of nitrogens with zero attached hydrogens (tertiary/aromatic N) is 2. The number of carbonyl (C=O) groups is 3. The molecule has 0 N–H and O–H groups in total. The SMILES string of the molecule is CCC(=O)c1cccc(N2CCN(C(=O)CCCCCCC(C)C)CC2=O)c1. The van der Waals surface area contributed by atoms with Crippen molar-refractivity contribution in [2.75, 3.05) is 24.5 Å². The highest BCUT2D eigenvalue weighted by atomic mass is 16.2. The Morgan fingerprint density at radius 3 is 2.50 bits per heavy atom. The Bertz CT molecular complexity index is 684. The summed E-state index contributed by atoms with van der Waals surface area (Å²) in [4.78, 5) is 40.3. The lowest BCUT2D eigenvalue weighted by atomic mass is 10.0. The first kappa shape index (κ1) is 22.1. The van der Waals surface area contributed by atoms with Gasteiger partial charge in [-0.15, -0.1) is 0 Å². The van der Waals surface area contributed by atoms with Crippen molar-refractivity contribution >= 4 is 23.3 Å². The highest BCUT2D eigenvalue weighted by Gasteiger charge is 2.27. The zero-order valence-corrected chi connectivity index (χ0v) is 17.6. The molecule has 0 atom stereocenters. The zero-order valence-electron chi connectivity index (χ0n) is 17.6. The molecule has 1 fully saturated rings. The maximum atomic E-state index is 12.6. The predicted octanol–water partition coefficient (Wildman–Crippen LogP) is 4.45. The Hall–Kier alpha value is -2.17. The number of amides is 2. The molecule has 0 aliphatic carbocycles. The molecule has 1 aliphatic heterocycles. The molecule has 1 saturated heterocycles. The van der Waals surface area contributed by atoms with E-state index in [1.54, 1.807) is 21.9 Å². The summed E-state index contributed by atoms with van der Waals surface area (Å²) in [7, 11) is 0. The van der Waals surface area contributed by atoms with Gasteiger partial charge in [-0.1, -0.05) is 58.6 Å². The quantitative estimate of drug-likeness (QED) is 0.441. The molecule has 0 bridgehead atoms. The van der Waals surface area contributed by atoms with Gasteiger partial charge in [0, 0.05) is 37.2 Å². The number of unbranched alkanes of at least 4 members (excludes halogenated alkanes) is 3. The topological polar surface area (TPSA) is 57.7 Å². The molecule has 1 aliphatic rings. The number of piperazine rings is 1. The summed E-state index contributed by atoms with van der Waals surface area (Å²) >= 11 is 0. The molecule has 1 aromatic carbocycles. The summed E-state index contributed by atoms with van der Waals surface area (Å²) in [5.74, 6) is 0.797. The number of hydrogen-bond donors (Lipinski definition) is 0. The summed E-state index contributed by atoms with van der Waals surface area (Å²) in [6.07, 6.45) is 6.58. The largest absolute Gasteiger partial charge is 0.332 e. The van der Waals surface area contributed by atoms with Gasteiger partial charge in [-0.2, -0.15) is 0 Å². The van der Waals surface area contributed by atoms with Gasteiger partial charge in [0.1, 0.15) is 6.54 Å². The number of ketones is 1. The van der Waals surface area contributed by atoms with Gasteiger partial charge >= 0.3 is 0 Å². The molecule has 1 aromatic rings. The third-order valence-corrected chi connectivity index (χ3v) is 5.30. The van der Waals surface area contributed by atoms with Crippen LogP contribution in [0.5, 0.6) is 0 Å². The van der Waals surface area contributed by atoms with Crippen molar-refractivity contribution in [1.82, 2.24) is 4.90 Å². The van der Waals surface area contributed by atoms with Gasteiger partial charge in [-0.25, -0.2) is 0 Å². The van der Waals surface area contributed by atoms with E-state index in [1.807, 2.05) is 19.1 Å². The first-order valence-electron chi connectivity index (χ1n) is 10.6. The summed E-state index contributed by atoms with van der Waals surface area (Å²) in [5.41, 5.74) is 1.37. The lowest BCUT2D eigenvalue weighted by Crippen LogP contribution is -2.52. The Kier molecular flexibility index (Phi) is 8.68. The van der Waals surface area contributed by atoms with Crippen LogP contribution >= 0.6 is 0 Å². The maximum absolute atomic E-state index is 12.6. The molecular weight excluding hydrogens is 352 g/mol. The van der Waals surface area contributed by atoms with Crippen molar-refractivity contribution in [2.24, 2.45) is 5.92 Å². The Morgan fingerprint density at radius 2 is 1.82 bits per heavy atom. The van der Waals surface area contributed by atoms with Gasteiger partial charge in [-0.05, 0) is 24.5 Å². The van der Waals surface area contributed by atoms with E-state index in [4.69, 9.17) is 0 Å². The predicted molar refractivity (Wildman–Crippen MR) is 113 cm³/mol. The van der Waals surface area contributed by atoms with Gasteiger partial charge < -0.3 is 9.80 Å². The molecule has 1 heterocycles. The number of hydrogen-bond acceptors (Lipinski definition) is 3. The smallest absolute Gasteiger partial charge is 0.246 e. The molecule has 0 unspecified atom stereocenters. The highest BCUT2D eigenvalue weighted by Crippen LogP contribution is 2.20. The van der Waals surface area contributed by atoms with Crippen LogP contribution in [0.3, 0.4) is 0 Å². The molecule has 2 rings (SSSR count). The molecular formula is C23H34N2O3. The standard InChI is InChI=1S/C23H34N2O3/c1-4-21(26)19-11-9-12-20(16-19)25-15-14-24(17-23(25)28)22(27)13-8-6-5-7-10-18(2)3/h9,11-12,16,18H,4-8,10,13-15,17H2,1-3H3. The van der Waals surface area contributed by atoms with E-state index in [9.17, 15) is 14.4 Å². The van der Waals surface area contributed by atoms with Crippen LogP contribution in [0.1, 0.15) is 76.1 Å². The van der Waals surface area contributed by atoms with Crippen LogP contribution < -0.4 is 4.90 Å². The summed E-state index contributed by atoms with van der Waals surface area (Å²) in [6.45, 7) is 7.44. The van der Waals surface area contributed by atoms with Crippen LogP contribution in [0, 0.1) is 5.92 Å². The first-order chi connectivity index (χ1) is 13.4. The minimum absolute atomic E-state index is 0.0662. The third-order valence-electron chi connectivity index (χ3n) is 5.30. The number of Topliss-reactive ketones (excluding diaryl/α,β-unsaturated/α-hetero) is 1. The minimum atomic E-state index is -0.0855. The molecule has 0 aromatic heterocycles. The van der Waals surface area contributed by atoms with Crippen molar-refractivity contribution in [3.8, 4) is 0 Å². The van der Waals surface area contributed by atoms with Crippen LogP contribution in [0.2, 0.25) is 0 Å². The van der Waals surface area contributed by atoms with Crippen molar-refractivity contribution in [2.45, 2.75) is 65.7 Å². The molecule has 0 spiro atoms. The fourth-order valence-corrected chi connectivity index (χ4v) is 3.55. The van der Waals surface area contributed by atoms with Gasteiger partial charge in [-0.3, -0.25) is 14.4 Å². The fraction of sp³-hybridized carbons (Fsp3) is 0.609. The molecule has 154 valence electrons. The van der Waals surface area contributed by atoms with E-state index in [0.717, 1.165) is 24.4 Å². The Morgan fingerprint density at radius 1 is 1.07 bits per heavy atom. The molecule has 0 radical (unpaired) electrons. The van der Waals surface area contributed by atoms with Crippen LogP contribution in [-0.4, -0.2) is 42.1 Å². The molecule has 5 nitrogen and oxygen atoms in total. The second-order valence-electron chi connectivity index (χ2n) is 8.03. The number of anilines is 1. The number of carbonyl (C=O) groups excluding carboxylic acids is 3. The van der Waals surface area contributed by atoms with Gasteiger partial charge in [0.15, 0.2) is 5.78 Å². The summed E-state index contributed by atoms with van der Waals surface area (Å²) in [5, 5.41) is 0. The van der Waals surface area contributed by atoms with Crippen LogP contribution in [0.25, 0.3) is 0 Å². The van der Waals surface area contributed by atoms with Gasteiger partial charge in [0.25, 0.3) is 0 Å². The average Bonchev–Trinajstić information content (AvgIpc) is 2.69. The Balaban J connectivity index is 1.80. The minimum Gasteiger partial charge on any atom is -0.332 e. The number of rotatable bonds is 10. The lowest BCUT2D eigenvalue weighted by Gasteiger charge is -2.34. The van der Waals surface area contributed by atoms with Gasteiger partial charge in [0.2, 0.25) is 11.8 Å². The van der Waals surface area contributed by atoms with E-state index in [2.05, 4.69) is 13.8 Å². The normalized spacial score (nSPS) is 14.6.